The number of aromatic nitrogens is 3. The fraction of sp³-hybridized carbons (Fsp3) is 0.714. The van der Waals surface area contributed by atoms with Gasteiger partial charge in [0, 0.05) is 0 Å². The molecule has 58 valence electrons. The molecule has 2 bridgehead atoms. The zero-order valence-electron chi connectivity index (χ0n) is 6.00. The Bertz CT molecular complexity index is 289. The van der Waals surface area contributed by atoms with Crippen molar-refractivity contribution in [3.63, 3.8) is 0 Å². The van der Waals surface area contributed by atoms with Crippen LogP contribution in [0.4, 0.5) is 0 Å². The summed E-state index contributed by atoms with van der Waals surface area (Å²) in [7, 11) is 0. The maximum absolute atomic E-state index is 4.26. The smallest absolute Gasteiger partial charge is 0.148 e. The monoisotopic (exact) mass is 213 g/mol. The van der Waals surface area contributed by atoms with E-state index in [2.05, 4.69) is 26.1 Å². The predicted octanol–water partition coefficient (Wildman–Crippen LogP) is 1.55. The van der Waals surface area contributed by atoms with E-state index in [9.17, 15) is 0 Å². The van der Waals surface area contributed by atoms with Gasteiger partial charge in [0.05, 0.1) is 11.7 Å². The summed E-state index contributed by atoms with van der Waals surface area (Å²) in [5.41, 5.74) is 0.344. The standard InChI is InChI=1S/C7H8BrN3/c8-6-4-9-11(10-6)7-1-5(2-7)3-7/h4-5H,1-3H2. The molecule has 4 rings (SSSR count). The number of hydrogen-bond acceptors (Lipinski definition) is 2. The highest BCUT2D eigenvalue weighted by Crippen LogP contribution is 2.61. The molecule has 3 saturated carbocycles. The van der Waals surface area contributed by atoms with Crippen LogP contribution in [-0.2, 0) is 5.54 Å². The Labute approximate surface area is 72.9 Å². The normalized spacial score (nSPS) is 39.5. The summed E-state index contributed by atoms with van der Waals surface area (Å²) in [5.74, 6) is 0.986. The highest BCUT2D eigenvalue weighted by atomic mass is 79.9. The Morgan fingerprint density at radius 2 is 2.27 bits per heavy atom. The SMILES string of the molecule is Brc1cnn(C23CC(C2)C3)n1. The zero-order valence-corrected chi connectivity index (χ0v) is 7.58. The fourth-order valence-corrected chi connectivity index (χ4v) is 2.39. The van der Waals surface area contributed by atoms with Crippen molar-refractivity contribution in [3.05, 3.63) is 10.8 Å². The Balaban J connectivity index is 1.99. The van der Waals surface area contributed by atoms with Gasteiger partial charge in [0.1, 0.15) is 4.60 Å². The molecular formula is C7H8BrN3. The van der Waals surface area contributed by atoms with Gasteiger partial charge >= 0.3 is 0 Å². The first-order valence-electron chi connectivity index (χ1n) is 3.87. The van der Waals surface area contributed by atoms with Crippen molar-refractivity contribution in [3.8, 4) is 0 Å². The van der Waals surface area contributed by atoms with E-state index < -0.39 is 0 Å². The Morgan fingerprint density at radius 1 is 1.55 bits per heavy atom. The van der Waals surface area contributed by atoms with Crippen molar-refractivity contribution in [2.75, 3.05) is 0 Å². The molecule has 0 atom stereocenters. The summed E-state index contributed by atoms with van der Waals surface area (Å²) in [6.45, 7) is 0. The first kappa shape index (κ1) is 6.17. The predicted molar refractivity (Wildman–Crippen MR) is 43.0 cm³/mol. The van der Waals surface area contributed by atoms with Crippen LogP contribution < -0.4 is 0 Å². The van der Waals surface area contributed by atoms with Crippen LogP contribution in [0.3, 0.4) is 0 Å². The molecule has 3 aliphatic carbocycles. The molecule has 1 aromatic heterocycles. The van der Waals surface area contributed by atoms with Gasteiger partial charge in [-0.3, -0.25) is 0 Å². The second-order valence-corrected chi connectivity index (χ2v) is 4.47. The Morgan fingerprint density at radius 3 is 2.64 bits per heavy atom. The lowest BCUT2D eigenvalue weighted by atomic mass is 9.50. The maximum atomic E-state index is 4.26. The third kappa shape index (κ3) is 0.637. The maximum Gasteiger partial charge on any atom is 0.148 e. The Kier molecular flexibility index (Phi) is 0.943. The molecule has 3 fully saturated rings. The van der Waals surface area contributed by atoms with Gasteiger partial charge in [-0.2, -0.15) is 9.90 Å². The molecule has 0 spiro atoms. The van der Waals surface area contributed by atoms with E-state index >= 15 is 0 Å². The van der Waals surface area contributed by atoms with Gasteiger partial charge < -0.3 is 0 Å². The van der Waals surface area contributed by atoms with Crippen molar-refractivity contribution in [1.29, 1.82) is 0 Å². The molecule has 3 aliphatic rings. The van der Waals surface area contributed by atoms with E-state index in [1.54, 1.807) is 6.20 Å². The van der Waals surface area contributed by atoms with Crippen LogP contribution in [0.1, 0.15) is 19.3 Å². The summed E-state index contributed by atoms with van der Waals surface area (Å²) < 4.78 is 0.849. The summed E-state index contributed by atoms with van der Waals surface area (Å²) in [6.07, 6.45) is 5.66. The van der Waals surface area contributed by atoms with Gasteiger partial charge in [-0.15, -0.1) is 5.10 Å². The highest BCUT2D eigenvalue weighted by Gasteiger charge is 2.59. The van der Waals surface area contributed by atoms with E-state index in [0.29, 0.717) is 5.54 Å². The van der Waals surface area contributed by atoms with E-state index in [-0.39, 0.29) is 0 Å². The number of nitrogens with zero attached hydrogens (tertiary/aromatic N) is 3. The molecule has 1 aromatic rings. The van der Waals surface area contributed by atoms with Crippen LogP contribution in [-0.4, -0.2) is 15.0 Å². The third-order valence-electron chi connectivity index (χ3n) is 2.89. The average molecular weight is 214 g/mol. The number of halogens is 1. The van der Waals surface area contributed by atoms with Crippen LogP contribution in [0, 0.1) is 5.92 Å². The van der Waals surface area contributed by atoms with E-state index in [0.717, 1.165) is 10.5 Å². The largest absolute Gasteiger partial charge is 0.178 e. The van der Waals surface area contributed by atoms with Crippen LogP contribution in [0.5, 0.6) is 0 Å². The number of rotatable bonds is 1. The first-order valence-corrected chi connectivity index (χ1v) is 4.66. The first-order chi connectivity index (χ1) is 5.28. The van der Waals surface area contributed by atoms with Crippen molar-refractivity contribution in [2.45, 2.75) is 24.8 Å². The van der Waals surface area contributed by atoms with Gasteiger partial charge in [0.2, 0.25) is 0 Å². The lowest BCUT2D eigenvalue weighted by Crippen LogP contribution is -2.60. The van der Waals surface area contributed by atoms with Crippen LogP contribution in [0.25, 0.3) is 0 Å². The Hall–Kier alpha value is -0.380. The minimum atomic E-state index is 0.344. The lowest BCUT2D eigenvalue weighted by Gasteiger charge is -2.60. The van der Waals surface area contributed by atoms with Gasteiger partial charge in [0.15, 0.2) is 0 Å². The van der Waals surface area contributed by atoms with Crippen LogP contribution >= 0.6 is 15.9 Å². The molecular weight excluding hydrogens is 206 g/mol. The van der Waals surface area contributed by atoms with E-state index in [1.165, 1.54) is 19.3 Å². The molecule has 3 nitrogen and oxygen atoms in total. The molecule has 0 amide bonds. The van der Waals surface area contributed by atoms with Crippen LogP contribution in [0.15, 0.2) is 10.8 Å². The molecule has 1 heterocycles. The minimum absolute atomic E-state index is 0.344. The average Bonchev–Trinajstić information content (AvgIpc) is 2.06. The molecule has 0 radical (unpaired) electrons. The van der Waals surface area contributed by atoms with Gasteiger partial charge in [-0.1, -0.05) is 0 Å². The van der Waals surface area contributed by atoms with E-state index in [1.807, 2.05) is 4.80 Å². The minimum Gasteiger partial charge on any atom is -0.178 e. The van der Waals surface area contributed by atoms with Crippen molar-refractivity contribution in [2.24, 2.45) is 5.92 Å². The molecule has 0 aliphatic heterocycles. The number of hydrogen-bond donors (Lipinski definition) is 0. The molecule has 0 saturated heterocycles. The molecule has 4 heteroatoms. The highest BCUT2D eigenvalue weighted by molar-refractivity contribution is 9.10. The summed E-state index contributed by atoms with van der Waals surface area (Å²) >= 11 is 3.30. The third-order valence-corrected chi connectivity index (χ3v) is 3.26. The molecule has 0 aromatic carbocycles. The van der Waals surface area contributed by atoms with Crippen molar-refractivity contribution in [1.82, 2.24) is 15.0 Å². The topological polar surface area (TPSA) is 30.7 Å². The van der Waals surface area contributed by atoms with Crippen LogP contribution in [0.2, 0.25) is 0 Å². The quantitative estimate of drug-likeness (QED) is 0.709. The second-order valence-electron chi connectivity index (χ2n) is 3.66. The van der Waals surface area contributed by atoms with Gasteiger partial charge in [0.25, 0.3) is 0 Å². The second kappa shape index (κ2) is 1.68. The summed E-state index contributed by atoms with van der Waals surface area (Å²) in [4.78, 5) is 1.89. The molecule has 0 unspecified atom stereocenters. The zero-order chi connectivity index (χ0) is 7.47. The van der Waals surface area contributed by atoms with E-state index in [4.69, 9.17) is 0 Å². The summed E-state index contributed by atoms with van der Waals surface area (Å²) in [5, 5.41) is 8.47. The fourth-order valence-electron chi connectivity index (χ4n) is 2.15. The summed E-state index contributed by atoms with van der Waals surface area (Å²) in [6, 6.07) is 0. The molecule has 11 heavy (non-hydrogen) atoms. The lowest BCUT2D eigenvalue weighted by molar-refractivity contribution is -0.108. The molecule has 0 N–H and O–H groups in total. The van der Waals surface area contributed by atoms with Gasteiger partial charge in [-0.25, -0.2) is 0 Å². The van der Waals surface area contributed by atoms with Gasteiger partial charge in [-0.05, 0) is 41.1 Å². The van der Waals surface area contributed by atoms with Crippen molar-refractivity contribution < 1.29 is 0 Å². The van der Waals surface area contributed by atoms with Crippen molar-refractivity contribution >= 4 is 15.9 Å².